The molecule has 16 heavy (non-hydrogen) atoms. The standard InChI is InChI=1S/C13H29N3/c1-16(2)9-8-15-13(11-14)10-12-6-4-3-5-7-12/h12-13,15H,3-11,14H2,1-2H3. The van der Waals surface area contributed by atoms with Crippen molar-refractivity contribution in [2.24, 2.45) is 11.7 Å². The maximum atomic E-state index is 5.83. The average Bonchev–Trinajstić information content (AvgIpc) is 2.28. The highest BCUT2D eigenvalue weighted by Crippen LogP contribution is 2.27. The molecule has 0 radical (unpaired) electrons. The van der Waals surface area contributed by atoms with Crippen LogP contribution in [0, 0.1) is 5.92 Å². The fourth-order valence-electron chi connectivity index (χ4n) is 2.58. The highest BCUT2D eigenvalue weighted by atomic mass is 15.1. The van der Waals surface area contributed by atoms with E-state index in [4.69, 9.17) is 5.73 Å². The van der Waals surface area contributed by atoms with Gasteiger partial charge in [0.1, 0.15) is 0 Å². The minimum atomic E-state index is 0.531. The number of rotatable bonds is 7. The number of nitrogens with zero attached hydrogens (tertiary/aromatic N) is 1. The van der Waals surface area contributed by atoms with Gasteiger partial charge in [0.15, 0.2) is 0 Å². The summed E-state index contributed by atoms with van der Waals surface area (Å²) < 4.78 is 0. The van der Waals surface area contributed by atoms with Gasteiger partial charge in [-0.2, -0.15) is 0 Å². The quantitative estimate of drug-likeness (QED) is 0.691. The molecule has 1 unspecified atom stereocenters. The van der Waals surface area contributed by atoms with Crippen LogP contribution in [0.15, 0.2) is 0 Å². The highest BCUT2D eigenvalue weighted by molar-refractivity contribution is 4.75. The molecule has 0 aliphatic heterocycles. The van der Waals surface area contributed by atoms with E-state index in [0.29, 0.717) is 6.04 Å². The smallest absolute Gasteiger partial charge is 0.0193 e. The van der Waals surface area contributed by atoms with Gasteiger partial charge >= 0.3 is 0 Å². The van der Waals surface area contributed by atoms with Gasteiger partial charge in [0.25, 0.3) is 0 Å². The lowest BCUT2D eigenvalue weighted by Gasteiger charge is -2.26. The molecular formula is C13H29N3. The Morgan fingerprint density at radius 1 is 1.25 bits per heavy atom. The SMILES string of the molecule is CN(C)CCNC(CN)CC1CCCCC1. The van der Waals surface area contributed by atoms with Crippen LogP contribution in [0.4, 0.5) is 0 Å². The number of likely N-dealkylation sites (N-methyl/N-ethyl adjacent to an activating group) is 1. The van der Waals surface area contributed by atoms with Crippen LogP contribution >= 0.6 is 0 Å². The average molecular weight is 227 g/mol. The molecule has 0 heterocycles. The van der Waals surface area contributed by atoms with Crippen molar-refractivity contribution in [3.8, 4) is 0 Å². The minimum Gasteiger partial charge on any atom is -0.329 e. The zero-order valence-electron chi connectivity index (χ0n) is 11.0. The van der Waals surface area contributed by atoms with Gasteiger partial charge in [-0.3, -0.25) is 0 Å². The van der Waals surface area contributed by atoms with Gasteiger partial charge in [0, 0.05) is 25.7 Å². The number of nitrogens with one attached hydrogen (secondary N) is 1. The molecule has 1 saturated carbocycles. The number of nitrogens with two attached hydrogens (primary N) is 1. The third-order valence-corrected chi connectivity index (χ3v) is 3.62. The Balaban J connectivity index is 2.14. The molecule has 96 valence electrons. The monoisotopic (exact) mass is 227 g/mol. The molecule has 1 fully saturated rings. The van der Waals surface area contributed by atoms with Crippen LogP contribution in [-0.2, 0) is 0 Å². The van der Waals surface area contributed by atoms with Crippen molar-refractivity contribution in [3.63, 3.8) is 0 Å². The molecule has 0 aromatic carbocycles. The predicted molar refractivity (Wildman–Crippen MR) is 70.6 cm³/mol. The molecule has 0 saturated heterocycles. The molecule has 1 rings (SSSR count). The number of hydrogen-bond donors (Lipinski definition) is 2. The largest absolute Gasteiger partial charge is 0.329 e. The van der Waals surface area contributed by atoms with E-state index in [2.05, 4.69) is 24.3 Å². The topological polar surface area (TPSA) is 41.3 Å². The fraction of sp³-hybridized carbons (Fsp3) is 1.00. The van der Waals surface area contributed by atoms with Crippen LogP contribution in [0.1, 0.15) is 38.5 Å². The highest BCUT2D eigenvalue weighted by Gasteiger charge is 2.17. The van der Waals surface area contributed by atoms with E-state index in [-0.39, 0.29) is 0 Å². The van der Waals surface area contributed by atoms with Crippen molar-refractivity contribution >= 4 is 0 Å². The van der Waals surface area contributed by atoms with Crippen LogP contribution in [0.25, 0.3) is 0 Å². The second kappa shape index (κ2) is 8.04. The van der Waals surface area contributed by atoms with Crippen LogP contribution in [0.2, 0.25) is 0 Å². The Hall–Kier alpha value is -0.120. The Bertz CT molecular complexity index is 165. The Morgan fingerprint density at radius 3 is 2.50 bits per heavy atom. The minimum absolute atomic E-state index is 0.531. The maximum Gasteiger partial charge on any atom is 0.0193 e. The van der Waals surface area contributed by atoms with E-state index in [1.807, 2.05) is 0 Å². The lowest BCUT2D eigenvalue weighted by Crippen LogP contribution is -2.41. The lowest BCUT2D eigenvalue weighted by atomic mass is 9.85. The molecule has 3 heteroatoms. The van der Waals surface area contributed by atoms with Gasteiger partial charge in [0.2, 0.25) is 0 Å². The molecular weight excluding hydrogens is 198 g/mol. The van der Waals surface area contributed by atoms with Crippen molar-refractivity contribution in [1.82, 2.24) is 10.2 Å². The zero-order valence-corrected chi connectivity index (χ0v) is 11.0. The van der Waals surface area contributed by atoms with E-state index in [1.54, 1.807) is 0 Å². The van der Waals surface area contributed by atoms with E-state index < -0.39 is 0 Å². The maximum absolute atomic E-state index is 5.83. The van der Waals surface area contributed by atoms with Crippen molar-refractivity contribution in [3.05, 3.63) is 0 Å². The van der Waals surface area contributed by atoms with Crippen molar-refractivity contribution in [2.45, 2.75) is 44.6 Å². The summed E-state index contributed by atoms with van der Waals surface area (Å²) in [7, 11) is 4.22. The first-order chi connectivity index (χ1) is 7.72. The van der Waals surface area contributed by atoms with E-state index in [1.165, 1.54) is 38.5 Å². The van der Waals surface area contributed by atoms with Gasteiger partial charge in [-0.05, 0) is 26.4 Å². The molecule has 1 aliphatic rings. The molecule has 0 aromatic heterocycles. The molecule has 1 atom stereocenters. The van der Waals surface area contributed by atoms with Crippen LogP contribution in [0.5, 0.6) is 0 Å². The number of hydrogen-bond acceptors (Lipinski definition) is 3. The first kappa shape index (κ1) is 13.9. The van der Waals surface area contributed by atoms with Gasteiger partial charge < -0.3 is 16.0 Å². The van der Waals surface area contributed by atoms with Crippen molar-refractivity contribution < 1.29 is 0 Å². The van der Waals surface area contributed by atoms with Crippen LogP contribution in [0.3, 0.4) is 0 Å². The third-order valence-electron chi connectivity index (χ3n) is 3.62. The lowest BCUT2D eigenvalue weighted by molar-refractivity contribution is 0.293. The summed E-state index contributed by atoms with van der Waals surface area (Å²) in [4.78, 5) is 2.21. The molecule has 0 spiro atoms. The van der Waals surface area contributed by atoms with Gasteiger partial charge in [-0.15, -0.1) is 0 Å². The second-order valence-corrected chi connectivity index (χ2v) is 5.43. The summed E-state index contributed by atoms with van der Waals surface area (Å²) in [6.07, 6.45) is 8.43. The molecule has 1 aliphatic carbocycles. The third kappa shape index (κ3) is 5.83. The summed E-state index contributed by atoms with van der Waals surface area (Å²) in [6, 6.07) is 0.531. The van der Waals surface area contributed by atoms with Crippen molar-refractivity contribution in [2.75, 3.05) is 33.7 Å². The molecule has 0 bridgehead atoms. The van der Waals surface area contributed by atoms with E-state index in [0.717, 1.165) is 25.6 Å². The second-order valence-electron chi connectivity index (χ2n) is 5.43. The zero-order chi connectivity index (χ0) is 11.8. The van der Waals surface area contributed by atoms with Crippen molar-refractivity contribution in [1.29, 1.82) is 0 Å². The van der Waals surface area contributed by atoms with Crippen LogP contribution in [-0.4, -0.2) is 44.7 Å². The summed E-state index contributed by atoms with van der Waals surface area (Å²) in [5.41, 5.74) is 5.83. The summed E-state index contributed by atoms with van der Waals surface area (Å²) >= 11 is 0. The van der Waals surface area contributed by atoms with Crippen LogP contribution < -0.4 is 11.1 Å². The van der Waals surface area contributed by atoms with E-state index >= 15 is 0 Å². The Morgan fingerprint density at radius 2 is 1.94 bits per heavy atom. The summed E-state index contributed by atoms with van der Waals surface area (Å²) in [5, 5.41) is 3.58. The normalized spacial score (nSPS) is 20.2. The molecule has 0 amide bonds. The Kier molecular flexibility index (Phi) is 7.01. The van der Waals surface area contributed by atoms with Gasteiger partial charge in [-0.1, -0.05) is 32.1 Å². The first-order valence-electron chi connectivity index (χ1n) is 6.80. The molecule has 3 nitrogen and oxygen atoms in total. The summed E-state index contributed by atoms with van der Waals surface area (Å²) in [6.45, 7) is 2.94. The van der Waals surface area contributed by atoms with Gasteiger partial charge in [0.05, 0.1) is 0 Å². The fourth-order valence-corrected chi connectivity index (χ4v) is 2.58. The molecule has 3 N–H and O–H groups in total. The Labute approximate surface area is 101 Å². The summed E-state index contributed by atoms with van der Waals surface area (Å²) in [5.74, 6) is 0.925. The predicted octanol–water partition coefficient (Wildman–Crippen LogP) is 1.44. The molecule has 0 aromatic rings. The van der Waals surface area contributed by atoms with Gasteiger partial charge in [-0.25, -0.2) is 0 Å². The first-order valence-corrected chi connectivity index (χ1v) is 6.80. The van der Waals surface area contributed by atoms with E-state index in [9.17, 15) is 0 Å².